The Morgan fingerprint density at radius 1 is 1.37 bits per heavy atom. The Bertz CT molecular complexity index is 444. The summed E-state index contributed by atoms with van der Waals surface area (Å²) in [6, 6.07) is 0. The average Bonchev–Trinajstić information content (AvgIpc) is 2.73. The highest BCUT2D eigenvalue weighted by Crippen LogP contribution is 2.28. The first kappa shape index (κ1) is 12.7. The fourth-order valence-corrected chi connectivity index (χ4v) is 2.80. The predicted molar refractivity (Wildman–Crippen MR) is 72.5 cm³/mol. The fraction of sp³-hybridized carbons (Fsp3) is 0.714. The summed E-state index contributed by atoms with van der Waals surface area (Å²) in [6.07, 6.45) is 5.30. The molecule has 1 saturated heterocycles. The van der Waals surface area contributed by atoms with Crippen molar-refractivity contribution in [2.24, 2.45) is 5.92 Å². The minimum Gasteiger partial charge on any atom is -0.345 e. The van der Waals surface area contributed by atoms with Crippen LogP contribution in [-0.2, 0) is 11.3 Å². The number of carbonyl (C=O) groups is 1. The summed E-state index contributed by atoms with van der Waals surface area (Å²) in [6.45, 7) is 6.53. The van der Waals surface area contributed by atoms with Crippen molar-refractivity contribution in [3.63, 3.8) is 0 Å². The summed E-state index contributed by atoms with van der Waals surface area (Å²) in [5.74, 6) is 1.75. The first-order valence-corrected chi connectivity index (χ1v) is 7.24. The number of piperazine rings is 1. The van der Waals surface area contributed by atoms with Crippen LogP contribution >= 0.6 is 0 Å². The molecule has 1 saturated carbocycles. The van der Waals surface area contributed by atoms with Crippen LogP contribution in [0.3, 0.4) is 0 Å². The van der Waals surface area contributed by atoms with Crippen LogP contribution in [0.4, 0.5) is 0 Å². The molecule has 1 N–H and O–H groups in total. The lowest BCUT2D eigenvalue weighted by molar-refractivity contribution is -0.140. The highest BCUT2D eigenvalue weighted by molar-refractivity contribution is 5.79. The van der Waals surface area contributed by atoms with Gasteiger partial charge in [0.15, 0.2) is 0 Å². The van der Waals surface area contributed by atoms with Gasteiger partial charge in [-0.15, -0.1) is 0 Å². The summed E-state index contributed by atoms with van der Waals surface area (Å²) in [5.41, 5.74) is 1.11. The summed E-state index contributed by atoms with van der Waals surface area (Å²) in [5, 5.41) is 0. The van der Waals surface area contributed by atoms with E-state index in [4.69, 9.17) is 0 Å². The van der Waals surface area contributed by atoms with E-state index in [2.05, 4.69) is 14.9 Å². The van der Waals surface area contributed by atoms with E-state index in [1.165, 1.54) is 6.42 Å². The minimum atomic E-state index is 0.333. The number of hydrogen-bond acceptors (Lipinski definition) is 3. The number of aryl methyl sites for hydroxylation is 1. The number of aromatic nitrogens is 2. The number of hydrogen-bond donors (Lipinski definition) is 1. The number of imidazole rings is 1. The largest absolute Gasteiger partial charge is 0.345 e. The van der Waals surface area contributed by atoms with Gasteiger partial charge in [0, 0.05) is 44.0 Å². The molecular formula is C14H22N4O. The third kappa shape index (κ3) is 2.81. The Kier molecular flexibility index (Phi) is 3.55. The van der Waals surface area contributed by atoms with Gasteiger partial charge in [-0.05, 0) is 19.8 Å². The molecule has 3 rings (SSSR count). The normalized spacial score (nSPS) is 21.4. The SMILES string of the molecule is Cc1cnc(CN2CCN(C(=O)C3CCC3)CC2)[nH]1. The lowest BCUT2D eigenvalue weighted by atomic mass is 9.84. The molecule has 1 aromatic heterocycles. The van der Waals surface area contributed by atoms with Crippen molar-refractivity contribution in [1.29, 1.82) is 0 Å². The highest BCUT2D eigenvalue weighted by atomic mass is 16.2. The third-order valence-corrected chi connectivity index (χ3v) is 4.27. The number of amides is 1. The monoisotopic (exact) mass is 262 g/mol. The van der Waals surface area contributed by atoms with Crippen LogP contribution in [-0.4, -0.2) is 51.9 Å². The molecule has 0 atom stereocenters. The van der Waals surface area contributed by atoms with Crippen molar-refractivity contribution in [1.82, 2.24) is 19.8 Å². The van der Waals surface area contributed by atoms with Crippen LogP contribution < -0.4 is 0 Å². The first-order chi connectivity index (χ1) is 9.22. The van der Waals surface area contributed by atoms with Gasteiger partial charge in [-0.3, -0.25) is 9.69 Å². The van der Waals surface area contributed by atoms with Crippen LogP contribution in [0.15, 0.2) is 6.20 Å². The van der Waals surface area contributed by atoms with Crippen LogP contribution in [0.1, 0.15) is 30.8 Å². The van der Waals surface area contributed by atoms with E-state index in [1.54, 1.807) is 0 Å². The van der Waals surface area contributed by atoms with Gasteiger partial charge in [-0.25, -0.2) is 4.98 Å². The molecule has 1 amide bonds. The smallest absolute Gasteiger partial charge is 0.225 e. The minimum absolute atomic E-state index is 0.333. The highest BCUT2D eigenvalue weighted by Gasteiger charge is 2.31. The molecule has 1 aromatic rings. The molecule has 0 radical (unpaired) electrons. The summed E-state index contributed by atoms with van der Waals surface area (Å²) in [7, 11) is 0. The molecule has 104 valence electrons. The maximum absolute atomic E-state index is 12.1. The van der Waals surface area contributed by atoms with Crippen molar-refractivity contribution in [3.05, 3.63) is 17.7 Å². The third-order valence-electron chi connectivity index (χ3n) is 4.27. The molecule has 2 aliphatic rings. The van der Waals surface area contributed by atoms with E-state index in [-0.39, 0.29) is 0 Å². The Morgan fingerprint density at radius 3 is 2.63 bits per heavy atom. The van der Waals surface area contributed by atoms with E-state index >= 15 is 0 Å². The summed E-state index contributed by atoms with van der Waals surface area (Å²) >= 11 is 0. The molecule has 2 fully saturated rings. The van der Waals surface area contributed by atoms with E-state index in [9.17, 15) is 4.79 Å². The number of nitrogens with zero attached hydrogens (tertiary/aromatic N) is 3. The van der Waals surface area contributed by atoms with Gasteiger partial charge in [0.05, 0.1) is 6.54 Å². The maximum Gasteiger partial charge on any atom is 0.225 e. The Morgan fingerprint density at radius 2 is 2.11 bits per heavy atom. The first-order valence-electron chi connectivity index (χ1n) is 7.24. The fourth-order valence-electron chi connectivity index (χ4n) is 2.80. The number of nitrogens with one attached hydrogen (secondary N) is 1. The number of H-pyrrole nitrogens is 1. The molecule has 0 bridgehead atoms. The van der Waals surface area contributed by atoms with E-state index in [1.807, 2.05) is 18.0 Å². The predicted octanol–water partition coefficient (Wildman–Crippen LogP) is 1.16. The van der Waals surface area contributed by atoms with Gasteiger partial charge in [0.2, 0.25) is 5.91 Å². The quantitative estimate of drug-likeness (QED) is 0.889. The van der Waals surface area contributed by atoms with E-state index in [0.29, 0.717) is 11.8 Å². The maximum atomic E-state index is 12.1. The zero-order valence-electron chi connectivity index (χ0n) is 11.6. The topological polar surface area (TPSA) is 52.2 Å². The summed E-state index contributed by atoms with van der Waals surface area (Å²) in [4.78, 5) is 24.1. The van der Waals surface area contributed by atoms with Crippen LogP contribution in [0.2, 0.25) is 0 Å². The number of rotatable bonds is 3. The molecule has 19 heavy (non-hydrogen) atoms. The van der Waals surface area contributed by atoms with Gasteiger partial charge in [-0.1, -0.05) is 6.42 Å². The molecule has 2 heterocycles. The second-order valence-electron chi connectivity index (χ2n) is 5.74. The standard InChI is InChI=1S/C14H22N4O/c1-11-9-15-13(16-11)10-17-5-7-18(8-6-17)14(19)12-3-2-4-12/h9,12H,2-8,10H2,1H3,(H,15,16). The molecule has 0 aromatic carbocycles. The molecule has 5 heteroatoms. The average molecular weight is 262 g/mol. The Balaban J connectivity index is 1.47. The van der Waals surface area contributed by atoms with Gasteiger partial charge in [0.25, 0.3) is 0 Å². The summed E-state index contributed by atoms with van der Waals surface area (Å²) < 4.78 is 0. The van der Waals surface area contributed by atoms with Crippen LogP contribution in [0.25, 0.3) is 0 Å². The van der Waals surface area contributed by atoms with Crippen molar-refractivity contribution < 1.29 is 4.79 Å². The molecular weight excluding hydrogens is 240 g/mol. The van der Waals surface area contributed by atoms with Gasteiger partial charge in [-0.2, -0.15) is 0 Å². The van der Waals surface area contributed by atoms with Crippen molar-refractivity contribution >= 4 is 5.91 Å². The van der Waals surface area contributed by atoms with Gasteiger partial charge < -0.3 is 9.88 Å². The van der Waals surface area contributed by atoms with E-state index < -0.39 is 0 Å². The Hall–Kier alpha value is -1.36. The van der Waals surface area contributed by atoms with Crippen molar-refractivity contribution in [2.75, 3.05) is 26.2 Å². The zero-order valence-corrected chi connectivity index (χ0v) is 11.6. The van der Waals surface area contributed by atoms with Crippen LogP contribution in [0.5, 0.6) is 0 Å². The number of carbonyl (C=O) groups excluding carboxylic acids is 1. The van der Waals surface area contributed by atoms with E-state index in [0.717, 1.165) is 57.1 Å². The molecule has 1 aliphatic heterocycles. The lowest BCUT2D eigenvalue weighted by Gasteiger charge is -2.38. The van der Waals surface area contributed by atoms with Crippen molar-refractivity contribution in [2.45, 2.75) is 32.7 Å². The second-order valence-corrected chi connectivity index (χ2v) is 5.74. The second kappa shape index (κ2) is 5.33. The van der Waals surface area contributed by atoms with Gasteiger partial charge >= 0.3 is 0 Å². The van der Waals surface area contributed by atoms with Crippen molar-refractivity contribution in [3.8, 4) is 0 Å². The van der Waals surface area contributed by atoms with Crippen LogP contribution in [0, 0.1) is 12.8 Å². The van der Waals surface area contributed by atoms with Gasteiger partial charge in [0.1, 0.15) is 5.82 Å². The number of aromatic amines is 1. The molecule has 0 spiro atoms. The molecule has 5 nitrogen and oxygen atoms in total. The molecule has 1 aliphatic carbocycles. The molecule has 0 unspecified atom stereocenters. The lowest BCUT2D eigenvalue weighted by Crippen LogP contribution is -2.50. The zero-order chi connectivity index (χ0) is 13.2. The Labute approximate surface area is 114 Å².